The summed E-state index contributed by atoms with van der Waals surface area (Å²) in [5.41, 5.74) is 10.2. The Morgan fingerprint density at radius 2 is 1.96 bits per heavy atom. The number of primary amides is 1. The number of hydrogen-bond acceptors (Lipinski definition) is 8. The number of carbonyl (C=O) groups excluding carboxylic acids is 2. The number of anilines is 2. The summed E-state index contributed by atoms with van der Waals surface area (Å²) in [4.78, 5) is 37.3. The maximum Gasteiger partial charge on any atom is 0.411 e. The Hall–Kier alpha value is -3.69. The van der Waals surface area contributed by atoms with E-state index in [0.29, 0.717) is 5.56 Å². The summed E-state index contributed by atoms with van der Waals surface area (Å²) in [6, 6.07) is 8.67. The van der Waals surface area contributed by atoms with Gasteiger partial charge in [-0.15, -0.1) is 0 Å². The normalized spacial score (nSPS) is 11.4. The van der Waals surface area contributed by atoms with Gasteiger partial charge in [0.1, 0.15) is 5.69 Å². The molecule has 0 spiro atoms. The Morgan fingerprint density at radius 1 is 1.32 bits per heavy atom. The zero-order valence-corrected chi connectivity index (χ0v) is 13.1. The lowest BCUT2D eigenvalue weighted by atomic mass is 10.1. The van der Waals surface area contributed by atoms with E-state index in [1.54, 1.807) is 30.3 Å². The molecule has 0 radical (unpaired) electrons. The molecule has 10 heteroatoms. The minimum Gasteiger partial charge on any atom is -0.391 e. The van der Waals surface area contributed by atoms with Crippen molar-refractivity contribution in [2.75, 3.05) is 11.1 Å². The van der Waals surface area contributed by atoms with Crippen LogP contribution in [-0.4, -0.2) is 27.8 Å². The van der Waals surface area contributed by atoms with Crippen LogP contribution in [0.3, 0.4) is 0 Å². The number of nitrogens with one attached hydrogen (secondary N) is 1. The van der Waals surface area contributed by atoms with E-state index in [1.807, 2.05) is 0 Å². The van der Waals surface area contributed by atoms with Crippen LogP contribution in [0.4, 0.5) is 22.0 Å². The molecule has 25 heavy (non-hydrogen) atoms. The van der Waals surface area contributed by atoms with E-state index >= 15 is 0 Å². The molecule has 0 bridgehead atoms. The minimum atomic E-state index is -1.15. The third-order valence-corrected chi connectivity index (χ3v) is 3.21. The molecule has 0 fully saturated rings. The first-order valence-electron chi connectivity index (χ1n) is 7.07. The van der Waals surface area contributed by atoms with Crippen LogP contribution in [-0.2, 0) is 0 Å². The summed E-state index contributed by atoms with van der Waals surface area (Å²) in [5, 5.41) is 13.9. The van der Waals surface area contributed by atoms with Gasteiger partial charge < -0.3 is 21.5 Å². The van der Waals surface area contributed by atoms with Gasteiger partial charge in [-0.05, 0) is 6.92 Å². The van der Waals surface area contributed by atoms with Crippen molar-refractivity contribution in [2.45, 2.75) is 13.0 Å². The van der Waals surface area contributed by atoms with Crippen molar-refractivity contribution >= 4 is 29.1 Å². The van der Waals surface area contributed by atoms with E-state index in [2.05, 4.69) is 15.0 Å². The number of benzene rings is 1. The van der Waals surface area contributed by atoms with Crippen molar-refractivity contribution in [2.24, 2.45) is 5.73 Å². The predicted octanol–water partition coefficient (Wildman–Crippen LogP) is 1.71. The largest absolute Gasteiger partial charge is 0.411 e. The standard InChI is InChI=1S/C15H15N5O5/c1-8(13(21)9-5-3-2-4-6-9)18-10-7-11(25-15(17)22)19-14(16)12(10)20(23)24/h2-8H,1H3,(H2,17,22)(H3,16,18,19). The Labute approximate surface area is 141 Å². The van der Waals surface area contributed by atoms with Gasteiger partial charge >= 0.3 is 11.8 Å². The Balaban J connectivity index is 2.36. The van der Waals surface area contributed by atoms with Gasteiger partial charge in [-0.3, -0.25) is 14.9 Å². The average molecular weight is 345 g/mol. The number of pyridine rings is 1. The second-order valence-corrected chi connectivity index (χ2v) is 5.02. The van der Waals surface area contributed by atoms with Crippen LogP contribution in [0, 0.1) is 10.1 Å². The number of hydrogen-bond donors (Lipinski definition) is 3. The molecule has 1 unspecified atom stereocenters. The molecule has 1 aromatic carbocycles. The first-order chi connectivity index (χ1) is 11.8. The number of nitrogens with two attached hydrogens (primary N) is 2. The number of Topliss-reactive ketones (excluding diaryl/α,β-unsaturated/α-hetero) is 1. The zero-order chi connectivity index (χ0) is 18.6. The molecule has 5 N–H and O–H groups in total. The monoisotopic (exact) mass is 345 g/mol. The second-order valence-electron chi connectivity index (χ2n) is 5.02. The van der Waals surface area contributed by atoms with Crippen LogP contribution in [0.15, 0.2) is 36.4 Å². The van der Waals surface area contributed by atoms with Gasteiger partial charge in [-0.2, -0.15) is 4.98 Å². The molecule has 1 atom stereocenters. The molecule has 1 aromatic heterocycles. The number of nitro groups is 1. The SMILES string of the molecule is CC(Nc1cc(OC(N)=O)nc(N)c1[N+](=O)[O-])C(=O)c1ccccc1. The van der Waals surface area contributed by atoms with Gasteiger partial charge in [0.15, 0.2) is 5.78 Å². The summed E-state index contributed by atoms with van der Waals surface area (Å²) < 4.78 is 4.60. The predicted molar refractivity (Wildman–Crippen MR) is 89.4 cm³/mol. The Bertz CT molecular complexity index is 825. The van der Waals surface area contributed by atoms with Crippen LogP contribution >= 0.6 is 0 Å². The molecule has 0 aliphatic heterocycles. The number of ketones is 1. The fourth-order valence-electron chi connectivity index (χ4n) is 2.14. The van der Waals surface area contributed by atoms with E-state index in [4.69, 9.17) is 11.5 Å². The van der Waals surface area contributed by atoms with Crippen LogP contribution in [0.25, 0.3) is 0 Å². The molecule has 2 rings (SSSR count). The highest BCUT2D eigenvalue weighted by atomic mass is 16.6. The lowest BCUT2D eigenvalue weighted by molar-refractivity contribution is -0.383. The number of nitrogen functional groups attached to an aromatic ring is 1. The van der Waals surface area contributed by atoms with Crippen LogP contribution in [0.1, 0.15) is 17.3 Å². The maximum absolute atomic E-state index is 12.4. The van der Waals surface area contributed by atoms with Gasteiger partial charge in [-0.25, -0.2) is 4.79 Å². The fourth-order valence-corrected chi connectivity index (χ4v) is 2.14. The lowest BCUT2D eigenvalue weighted by Gasteiger charge is -2.15. The number of nitrogens with zero attached hydrogens (tertiary/aromatic N) is 2. The van der Waals surface area contributed by atoms with Gasteiger partial charge in [0.25, 0.3) is 0 Å². The van der Waals surface area contributed by atoms with Gasteiger partial charge in [0, 0.05) is 11.6 Å². The van der Waals surface area contributed by atoms with E-state index in [9.17, 15) is 19.7 Å². The quantitative estimate of drug-likeness (QED) is 0.404. The summed E-state index contributed by atoms with van der Waals surface area (Å²) >= 11 is 0. The number of rotatable bonds is 6. The molecule has 0 aliphatic carbocycles. The second kappa shape index (κ2) is 7.25. The number of carbonyl (C=O) groups is 2. The molecule has 1 heterocycles. The van der Waals surface area contributed by atoms with E-state index < -0.39 is 28.6 Å². The first-order valence-corrected chi connectivity index (χ1v) is 7.07. The fraction of sp³-hybridized carbons (Fsp3) is 0.133. The molecule has 10 nitrogen and oxygen atoms in total. The van der Waals surface area contributed by atoms with Crippen LogP contribution < -0.4 is 21.5 Å². The van der Waals surface area contributed by atoms with Crippen LogP contribution in [0.5, 0.6) is 5.88 Å². The lowest BCUT2D eigenvalue weighted by Crippen LogP contribution is -2.27. The first kappa shape index (κ1) is 17.7. The molecular weight excluding hydrogens is 330 g/mol. The van der Waals surface area contributed by atoms with Crippen molar-refractivity contribution in [3.63, 3.8) is 0 Å². The summed E-state index contributed by atoms with van der Waals surface area (Å²) in [6.07, 6.45) is -1.15. The summed E-state index contributed by atoms with van der Waals surface area (Å²) in [5.74, 6) is -1.09. The van der Waals surface area contributed by atoms with E-state index in [1.165, 1.54) is 6.92 Å². The van der Waals surface area contributed by atoms with Gasteiger partial charge in [-0.1, -0.05) is 30.3 Å². The van der Waals surface area contributed by atoms with Gasteiger partial charge in [0.2, 0.25) is 11.7 Å². The molecule has 2 aromatic rings. The Morgan fingerprint density at radius 3 is 2.52 bits per heavy atom. The Kier molecular flexibility index (Phi) is 5.12. The van der Waals surface area contributed by atoms with Crippen molar-refractivity contribution in [1.29, 1.82) is 0 Å². The molecule has 0 aliphatic rings. The molecule has 130 valence electrons. The number of ether oxygens (including phenoxy) is 1. The van der Waals surface area contributed by atoms with E-state index in [0.717, 1.165) is 6.07 Å². The van der Waals surface area contributed by atoms with E-state index in [-0.39, 0.29) is 17.4 Å². The van der Waals surface area contributed by atoms with Crippen molar-refractivity contribution in [3.05, 3.63) is 52.1 Å². The number of aromatic nitrogens is 1. The molecule has 0 saturated carbocycles. The summed E-state index contributed by atoms with van der Waals surface area (Å²) in [7, 11) is 0. The third-order valence-electron chi connectivity index (χ3n) is 3.21. The highest BCUT2D eigenvalue weighted by Crippen LogP contribution is 2.33. The smallest absolute Gasteiger partial charge is 0.391 e. The highest BCUT2D eigenvalue weighted by Gasteiger charge is 2.25. The van der Waals surface area contributed by atoms with Crippen molar-refractivity contribution in [1.82, 2.24) is 4.98 Å². The minimum absolute atomic E-state index is 0.120. The zero-order valence-electron chi connectivity index (χ0n) is 13.1. The van der Waals surface area contributed by atoms with Gasteiger partial charge in [0.05, 0.1) is 11.0 Å². The number of amides is 1. The van der Waals surface area contributed by atoms with Crippen molar-refractivity contribution in [3.8, 4) is 5.88 Å². The summed E-state index contributed by atoms with van der Waals surface area (Å²) in [6.45, 7) is 1.53. The maximum atomic E-state index is 12.4. The third kappa shape index (κ3) is 4.19. The average Bonchev–Trinajstić information content (AvgIpc) is 2.53. The topological polar surface area (TPSA) is 163 Å². The van der Waals surface area contributed by atoms with Crippen molar-refractivity contribution < 1.29 is 19.2 Å². The molecular formula is C15H15N5O5. The molecule has 1 amide bonds. The van der Waals surface area contributed by atoms with Crippen LogP contribution in [0.2, 0.25) is 0 Å². The molecule has 0 saturated heterocycles. The highest BCUT2D eigenvalue weighted by molar-refractivity contribution is 6.01.